The van der Waals surface area contributed by atoms with Crippen molar-refractivity contribution in [1.82, 2.24) is 5.32 Å². The standard InChI is InChI=1S/C17H33NO2/c1-16(2,3)13-20-15-9-7-8-14(12-15)19-11-10-18-17(4,5)6/h7,9,14-15,18H,8,10-13H2,1-6H3. The first-order chi connectivity index (χ1) is 9.16. The highest BCUT2D eigenvalue weighted by atomic mass is 16.5. The van der Waals surface area contributed by atoms with Gasteiger partial charge in [-0.05, 0) is 32.6 Å². The van der Waals surface area contributed by atoms with E-state index in [9.17, 15) is 0 Å². The summed E-state index contributed by atoms with van der Waals surface area (Å²) in [6.07, 6.45) is 6.86. The fourth-order valence-electron chi connectivity index (χ4n) is 2.08. The van der Waals surface area contributed by atoms with Crippen LogP contribution in [0.1, 0.15) is 54.4 Å². The zero-order valence-electron chi connectivity index (χ0n) is 14.2. The van der Waals surface area contributed by atoms with E-state index < -0.39 is 0 Å². The molecule has 0 aromatic heterocycles. The molecule has 0 fully saturated rings. The Bertz CT molecular complexity index is 299. The van der Waals surface area contributed by atoms with E-state index in [1.54, 1.807) is 0 Å². The number of nitrogens with one attached hydrogen (secondary N) is 1. The molecule has 0 heterocycles. The fourth-order valence-corrected chi connectivity index (χ4v) is 2.08. The van der Waals surface area contributed by atoms with Crippen molar-refractivity contribution in [3.05, 3.63) is 12.2 Å². The molecule has 0 bridgehead atoms. The van der Waals surface area contributed by atoms with E-state index in [1.807, 2.05) is 0 Å². The smallest absolute Gasteiger partial charge is 0.0780 e. The van der Waals surface area contributed by atoms with Gasteiger partial charge in [0.15, 0.2) is 0 Å². The first-order valence-electron chi connectivity index (χ1n) is 7.81. The van der Waals surface area contributed by atoms with Gasteiger partial charge in [-0.3, -0.25) is 0 Å². The van der Waals surface area contributed by atoms with E-state index in [0.29, 0.717) is 6.10 Å². The lowest BCUT2D eigenvalue weighted by Gasteiger charge is -2.28. The van der Waals surface area contributed by atoms with Gasteiger partial charge in [-0.2, -0.15) is 0 Å². The highest BCUT2D eigenvalue weighted by Crippen LogP contribution is 2.21. The quantitative estimate of drug-likeness (QED) is 0.597. The molecule has 3 nitrogen and oxygen atoms in total. The summed E-state index contributed by atoms with van der Waals surface area (Å²) in [5, 5.41) is 3.44. The maximum atomic E-state index is 5.96. The molecular weight excluding hydrogens is 250 g/mol. The zero-order chi connectivity index (χ0) is 15.2. The number of ether oxygens (including phenoxy) is 2. The minimum Gasteiger partial charge on any atom is -0.376 e. The lowest BCUT2D eigenvalue weighted by Crippen LogP contribution is -2.38. The van der Waals surface area contributed by atoms with Crippen LogP contribution in [0.5, 0.6) is 0 Å². The van der Waals surface area contributed by atoms with Crippen LogP contribution in [0.3, 0.4) is 0 Å². The molecule has 0 aliphatic heterocycles. The van der Waals surface area contributed by atoms with Gasteiger partial charge in [0.05, 0.1) is 25.4 Å². The molecule has 2 atom stereocenters. The van der Waals surface area contributed by atoms with Crippen molar-refractivity contribution in [1.29, 1.82) is 0 Å². The molecule has 0 aromatic rings. The number of hydrogen-bond donors (Lipinski definition) is 1. The minimum absolute atomic E-state index is 0.161. The van der Waals surface area contributed by atoms with Crippen molar-refractivity contribution in [3.8, 4) is 0 Å². The van der Waals surface area contributed by atoms with Crippen LogP contribution in [0.2, 0.25) is 0 Å². The molecular formula is C17H33NO2. The van der Waals surface area contributed by atoms with Crippen LogP contribution in [0.4, 0.5) is 0 Å². The van der Waals surface area contributed by atoms with E-state index in [2.05, 4.69) is 59.0 Å². The summed E-state index contributed by atoms with van der Waals surface area (Å²) in [6, 6.07) is 0. The molecule has 0 spiro atoms. The highest BCUT2D eigenvalue weighted by Gasteiger charge is 2.21. The van der Waals surface area contributed by atoms with Crippen molar-refractivity contribution in [3.63, 3.8) is 0 Å². The van der Waals surface area contributed by atoms with Gasteiger partial charge < -0.3 is 14.8 Å². The molecule has 0 saturated heterocycles. The first kappa shape index (κ1) is 17.7. The second kappa shape index (κ2) is 7.58. The number of hydrogen-bond acceptors (Lipinski definition) is 3. The molecule has 3 heteroatoms. The molecule has 1 aliphatic rings. The van der Waals surface area contributed by atoms with Crippen LogP contribution in [-0.2, 0) is 9.47 Å². The molecule has 0 aromatic carbocycles. The first-order valence-corrected chi connectivity index (χ1v) is 7.81. The molecule has 20 heavy (non-hydrogen) atoms. The Labute approximate surface area is 125 Å². The summed E-state index contributed by atoms with van der Waals surface area (Å²) >= 11 is 0. The molecule has 1 aliphatic carbocycles. The van der Waals surface area contributed by atoms with E-state index in [4.69, 9.17) is 9.47 Å². The summed E-state index contributed by atoms with van der Waals surface area (Å²) in [5.41, 5.74) is 0.381. The lowest BCUT2D eigenvalue weighted by atomic mass is 9.97. The van der Waals surface area contributed by atoms with E-state index >= 15 is 0 Å². The average Bonchev–Trinajstić information content (AvgIpc) is 2.31. The van der Waals surface area contributed by atoms with Crippen LogP contribution in [0.15, 0.2) is 12.2 Å². The van der Waals surface area contributed by atoms with Crippen LogP contribution in [-0.4, -0.2) is 37.5 Å². The second-order valence-corrected chi connectivity index (χ2v) is 7.98. The maximum Gasteiger partial charge on any atom is 0.0780 e. The predicted molar refractivity (Wildman–Crippen MR) is 85.1 cm³/mol. The van der Waals surface area contributed by atoms with Gasteiger partial charge in [-0.15, -0.1) is 0 Å². The van der Waals surface area contributed by atoms with Crippen molar-refractivity contribution < 1.29 is 9.47 Å². The minimum atomic E-state index is 0.161. The largest absolute Gasteiger partial charge is 0.376 e. The third kappa shape index (κ3) is 8.72. The van der Waals surface area contributed by atoms with Crippen LogP contribution < -0.4 is 5.32 Å². The zero-order valence-corrected chi connectivity index (χ0v) is 14.2. The van der Waals surface area contributed by atoms with Crippen LogP contribution >= 0.6 is 0 Å². The Morgan fingerprint density at radius 1 is 1.10 bits per heavy atom. The second-order valence-electron chi connectivity index (χ2n) is 7.98. The van der Waals surface area contributed by atoms with Crippen molar-refractivity contribution in [2.75, 3.05) is 19.8 Å². The monoisotopic (exact) mass is 283 g/mol. The summed E-state index contributed by atoms with van der Waals surface area (Å²) in [7, 11) is 0. The van der Waals surface area contributed by atoms with Gasteiger partial charge >= 0.3 is 0 Å². The van der Waals surface area contributed by atoms with Crippen molar-refractivity contribution in [2.45, 2.75) is 72.1 Å². The topological polar surface area (TPSA) is 30.5 Å². The van der Waals surface area contributed by atoms with E-state index in [-0.39, 0.29) is 17.1 Å². The van der Waals surface area contributed by atoms with Gasteiger partial charge in [-0.25, -0.2) is 0 Å². The average molecular weight is 283 g/mol. The Hall–Kier alpha value is -0.380. The van der Waals surface area contributed by atoms with Crippen LogP contribution in [0.25, 0.3) is 0 Å². The molecule has 1 N–H and O–H groups in total. The molecule has 0 radical (unpaired) electrons. The maximum absolute atomic E-state index is 5.96. The summed E-state index contributed by atoms with van der Waals surface area (Å²) < 4.78 is 11.9. The number of rotatable bonds is 6. The third-order valence-electron chi connectivity index (χ3n) is 3.09. The summed E-state index contributed by atoms with van der Waals surface area (Å²) in [5.74, 6) is 0. The molecule has 1 rings (SSSR count). The van der Waals surface area contributed by atoms with Crippen molar-refractivity contribution >= 4 is 0 Å². The normalized spacial score (nSPS) is 24.1. The van der Waals surface area contributed by atoms with Crippen LogP contribution in [0, 0.1) is 5.41 Å². The summed E-state index contributed by atoms with van der Waals surface area (Å²) in [6.45, 7) is 15.6. The van der Waals surface area contributed by atoms with Gasteiger partial charge in [-0.1, -0.05) is 32.9 Å². The van der Waals surface area contributed by atoms with E-state index in [1.165, 1.54) is 0 Å². The lowest BCUT2D eigenvalue weighted by molar-refractivity contribution is -0.0228. The van der Waals surface area contributed by atoms with Gasteiger partial charge in [0.25, 0.3) is 0 Å². The van der Waals surface area contributed by atoms with Crippen molar-refractivity contribution in [2.24, 2.45) is 5.41 Å². The Morgan fingerprint density at radius 3 is 2.40 bits per heavy atom. The fraction of sp³-hybridized carbons (Fsp3) is 0.882. The Kier molecular flexibility index (Phi) is 6.70. The van der Waals surface area contributed by atoms with Gasteiger partial charge in [0.1, 0.15) is 0 Å². The highest BCUT2D eigenvalue weighted by molar-refractivity contribution is 4.98. The Balaban J connectivity index is 2.21. The predicted octanol–water partition coefficient (Wildman–Crippen LogP) is 3.54. The Morgan fingerprint density at radius 2 is 1.80 bits per heavy atom. The van der Waals surface area contributed by atoms with E-state index in [0.717, 1.165) is 32.6 Å². The van der Waals surface area contributed by atoms with Gasteiger partial charge in [0.2, 0.25) is 0 Å². The van der Waals surface area contributed by atoms with Gasteiger partial charge in [0, 0.05) is 18.5 Å². The SMILES string of the molecule is CC(C)(C)COC1C=CCC(OCCNC(C)(C)C)C1. The summed E-state index contributed by atoms with van der Waals surface area (Å²) in [4.78, 5) is 0. The molecule has 118 valence electrons. The molecule has 2 unspecified atom stereocenters. The molecule has 0 saturated carbocycles. The molecule has 0 amide bonds. The third-order valence-corrected chi connectivity index (χ3v) is 3.09.